The quantitative estimate of drug-likeness (QED) is 0.341. The smallest absolute Gasteiger partial charge is 0.333 e. The van der Waals surface area contributed by atoms with E-state index in [4.69, 9.17) is 9.84 Å². The van der Waals surface area contributed by atoms with Crippen molar-refractivity contribution < 1.29 is 19.4 Å². The molecule has 0 amide bonds. The summed E-state index contributed by atoms with van der Waals surface area (Å²) < 4.78 is 4.80. The molecule has 0 saturated heterocycles. The van der Waals surface area contributed by atoms with Crippen molar-refractivity contribution in [3.8, 4) is 0 Å². The summed E-state index contributed by atoms with van der Waals surface area (Å²) in [6, 6.07) is 0. The van der Waals surface area contributed by atoms with Crippen molar-refractivity contribution in [2.45, 2.75) is 41.0 Å². The molecule has 0 aliphatic carbocycles. The molecule has 0 aromatic carbocycles. The van der Waals surface area contributed by atoms with Crippen molar-refractivity contribution in [1.29, 1.82) is 0 Å². The van der Waals surface area contributed by atoms with Crippen LogP contribution in [0.2, 0.25) is 0 Å². The number of ether oxygens (including phenoxy) is 1. The first-order valence-electron chi connectivity index (χ1n) is 8.45. The summed E-state index contributed by atoms with van der Waals surface area (Å²) in [5, 5.41) is 11.6. The normalized spacial score (nSPS) is 10.8. The van der Waals surface area contributed by atoms with Crippen molar-refractivity contribution in [2.24, 2.45) is 0 Å². The lowest BCUT2D eigenvalue weighted by Crippen LogP contribution is -2.23. The number of rotatable bonds is 11. The Hall–Kier alpha value is -1.66. The lowest BCUT2D eigenvalue weighted by atomic mass is 10.2. The molecule has 0 aromatic heterocycles. The van der Waals surface area contributed by atoms with Crippen LogP contribution in [0.15, 0.2) is 23.8 Å². The third-order valence-corrected chi connectivity index (χ3v) is 3.24. The Labute approximate surface area is 146 Å². The van der Waals surface area contributed by atoms with Gasteiger partial charge in [-0.25, -0.2) is 9.59 Å². The number of hydrogen-bond acceptors (Lipinski definition) is 5. The zero-order valence-electron chi connectivity index (χ0n) is 15.9. The molecule has 0 radical (unpaired) electrons. The first-order chi connectivity index (χ1) is 11.3. The lowest BCUT2D eigenvalue weighted by Gasteiger charge is -2.16. The molecule has 0 bridgehead atoms. The van der Waals surface area contributed by atoms with Crippen molar-refractivity contribution in [3.05, 3.63) is 23.8 Å². The van der Waals surface area contributed by atoms with Crippen LogP contribution >= 0.6 is 0 Å². The van der Waals surface area contributed by atoms with Crippen LogP contribution in [0.1, 0.15) is 41.0 Å². The molecular weight excluding hydrogens is 308 g/mol. The number of esters is 1. The van der Waals surface area contributed by atoms with E-state index in [0.29, 0.717) is 24.3 Å². The molecule has 0 saturated carbocycles. The molecule has 140 valence electrons. The molecule has 0 heterocycles. The molecular formula is C18H34N2O4. The molecule has 0 atom stereocenters. The predicted octanol–water partition coefficient (Wildman–Crippen LogP) is 2.46. The number of aliphatic carboxylic acids is 1. The zero-order valence-corrected chi connectivity index (χ0v) is 15.9. The minimum atomic E-state index is -0.820. The van der Waals surface area contributed by atoms with Crippen LogP contribution in [0, 0.1) is 0 Å². The van der Waals surface area contributed by atoms with E-state index in [9.17, 15) is 9.59 Å². The molecule has 0 aromatic rings. The molecule has 2 N–H and O–H groups in total. The van der Waals surface area contributed by atoms with Gasteiger partial charge in [0.1, 0.15) is 6.61 Å². The molecule has 6 heteroatoms. The lowest BCUT2D eigenvalue weighted by molar-refractivity contribution is -0.138. The summed E-state index contributed by atoms with van der Waals surface area (Å²) >= 11 is 0. The second-order valence-corrected chi connectivity index (χ2v) is 5.28. The van der Waals surface area contributed by atoms with Crippen molar-refractivity contribution >= 4 is 11.9 Å². The summed E-state index contributed by atoms with van der Waals surface area (Å²) in [7, 11) is 0. The minimum Gasteiger partial charge on any atom is -0.478 e. The van der Waals surface area contributed by atoms with Gasteiger partial charge in [0.2, 0.25) is 0 Å². The van der Waals surface area contributed by atoms with E-state index in [1.54, 1.807) is 19.9 Å². The fraction of sp³-hybridized carbons (Fsp3) is 0.667. The van der Waals surface area contributed by atoms with E-state index in [-0.39, 0.29) is 5.97 Å². The van der Waals surface area contributed by atoms with Crippen LogP contribution in [0.25, 0.3) is 0 Å². The number of carbonyl (C=O) groups excluding carboxylic acids is 1. The second kappa shape index (κ2) is 16.2. The van der Waals surface area contributed by atoms with Crippen molar-refractivity contribution in [1.82, 2.24) is 10.2 Å². The SMILES string of the molecule is C=C(C)C(=O)OCCNCC.CCN(CC)CCC=C(C)C(=O)O. The van der Waals surface area contributed by atoms with E-state index in [2.05, 4.69) is 30.6 Å². The molecule has 0 fully saturated rings. The maximum Gasteiger partial charge on any atom is 0.333 e. The summed E-state index contributed by atoms with van der Waals surface area (Å²) in [4.78, 5) is 23.5. The number of nitrogens with one attached hydrogen (secondary N) is 1. The highest BCUT2D eigenvalue weighted by Gasteiger charge is 2.01. The topological polar surface area (TPSA) is 78.9 Å². The summed E-state index contributed by atoms with van der Waals surface area (Å²) in [5.41, 5.74) is 0.883. The van der Waals surface area contributed by atoms with E-state index in [0.717, 1.165) is 32.6 Å². The highest BCUT2D eigenvalue weighted by Crippen LogP contribution is 1.97. The van der Waals surface area contributed by atoms with Crippen molar-refractivity contribution in [3.63, 3.8) is 0 Å². The third kappa shape index (κ3) is 15.2. The van der Waals surface area contributed by atoms with Crippen LogP contribution in [0.4, 0.5) is 0 Å². The molecule has 0 unspecified atom stereocenters. The number of hydrogen-bond donors (Lipinski definition) is 2. The van der Waals surface area contributed by atoms with Crippen LogP contribution in [-0.4, -0.2) is 61.3 Å². The van der Waals surface area contributed by atoms with Gasteiger partial charge in [-0.2, -0.15) is 0 Å². The fourth-order valence-corrected chi connectivity index (χ4v) is 1.61. The maximum absolute atomic E-state index is 10.8. The standard InChI is InChI=1S/C10H19NO2.C8H15NO2/c1-4-11(5-2)8-6-7-9(3)10(12)13;1-4-9-5-6-11-8(10)7(2)3/h7H,4-6,8H2,1-3H3,(H,12,13);9H,2,4-6H2,1,3H3. The van der Waals surface area contributed by atoms with E-state index >= 15 is 0 Å². The summed E-state index contributed by atoms with van der Waals surface area (Å²) in [5.74, 6) is -1.14. The van der Waals surface area contributed by atoms with Gasteiger partial charge in [0.05, 0.1) is 0 Å². The van der Waals surface area contributed by atoms with Crippen LogP contribution in [-0.2, 0) is 14.3 Å². The van der Waals surface area contributed by atoms with Gasteiger partial charge in [-0.3, -0.25) is 0 Å². The maximum atomic E-state index is 10.8. The second-order valence-electron chi connectivity index (χ2n) is 5.28. The third-order valence-electron chi connectivity index (χ3n) is 3.24. The first-order valence-corrected chi connectivity index (χ1v) is 8.45. The number of nitrogens with zero attached hydrogens (tertiary/aromatic N) is 1. The number of carboxylic acids is 1. The van der Waals surface area contributed by atoms with Crippen molar-refractivity contribution in [2.75, 3.05) is 39.3 Å². The molecule has 0 spiro atoms. The van der Waals surface area contributed by atoms with Gasteiger partial charge in [0.15, 0.2) is 0 Å². The van der Waals surface area contributed by atoms with Crippen LogP contribution in [0.3, 0.4) is 0 Å². The number of carbonyl (C=O) groups is 2. The van der Waals surface area contributed by atoms with Gasteiger partial charge in [0, 0.05) is 24.2 Å². The van der Waals surface area contributed by atoms with Gasteiger partial charge < -0.3 is 20.1 Å². The number of likely N-dealkylation sites (N-methyl/N-ethyl adjacent to an activating group) is 1. The Morgan fingerprint density at radius 1 is 1.21 bits per heavy atom. The van der Waals surface area contributed by atoms with Gasteiger partial charge in [0.25, 0.3) is 0 Å². The Kier molecular flexibility index (Phi) is 16.6. The van der Waals surface area contributed by atoms with Gasteiger partial charge in [-0.15, -0.1) is 0 Å². The van der Waals surface area contributed by atoms with Crippen LogP contribution in [0.5, 0.6) is 0 Å². The van der Waals surface area contributed by atoms with Gasteiger partial charge in [-0.05, 0) is 39.9 Å². The molecule has 6 nitrogen and oxygen atoms in total. The average molecular weight is 342 g/mol. The minimum absolute atomic E-state index is 0.317. The molecule has 0 aliphatic heterocycles. The highest BCUT2D eigenvalue weighted by molar-refractivity contribution is 5.87. The Morgan fingerprint density at radius 3 is 2.21 bits per heavy atom. The largest absolute Gasteiger partial charge is 0.478 e. The summed E-state index contributed by atoms with van der Waals surface area (Å²) in [6.45, 7) is 17.9. The molecule has 0 aliphatic rings. The highest BCUT2D eigenvalue weighted by atomic mass is 16.5. The monoisotopic (exact) mass is 342 g/mol. The Bertz CT molecular complexity index is 402. The van der Waals surface area contributed by atoms with Crippen LogP contribution < -0.4 is 5.32 Å². The van der Waals surface area contributed by atoms with E-state index in [1.165, 1.54) is 0 Å². The number of carboxylic acid groups (broad SMARTS) is 1. The van der Waals surface area contributed by atoms with Gasteiger partial charge >= 0.3 is 11.9 Å². The first kappa shape index (κ1) is 24.6. The predicted molar refractivity (Wildman–Crippen MR) is 98.1 cm³/mol. The zero-order chi connectivity index (χ0) is 19.0. The van der Waals surface area contributed by atoms with E-state index < -0.39 is 5.97 Å². The average Bonchev–Trinajstić information content (AvgIpc) is 2.55. The Balaban J connectivity index is 0. The summed E-state index contributed by atoms with van der Waals surface area (Å²) in [6.07, 6.45) is 2.60. The molecule has 0 rings (SSSR count). The Morgan fingerprint density at radius 2 is 1.79 bits per heavy atom. The fourth-order valence-electron chi connectivity index (χ4n) is 1.61. The van der Waals surface area contributed by atoms with Gasteiger partial charge in [-0.1, -0.05) is 33.4 Å². The van der Waals surface area contributed by atoms with E-state index in [1.807, 2.05) is 6.92 Å². The molecule has 24 heavy (non-hydrogen) atoms.